The van der Waals surface area contributed by atoms with Crippen molar-refractivity contribution in [2.24, 2.45) is 0 Å². The van der Waals surface area contributed by atoms with Gasteiger partial charge in [-0.3, -0.25) is 0 Å². The van der Waals surface area contributed by atoms with E-state index in [1.807, 2.05) is 0 Å². The van der Waals surface area contributed by atoms with Crippen LogP contribution in [-0.4, -0.2) is 11.8 Å². The second kappa shape index (κ2) is 4.56. The first-order chi connectivity index (χ1) is 3.31. The molecule has 0 aliphatic rings. The molecule has 0 aromatic rings. The van der Waals surface area contributed by atoms with Gasteiger partial charge >= 0.3 is 0 Å². The van der Waals surface area contributed by atoms with Crippen LogP contribution < -0.4 is 0 Å². The predicted octanol–water partition coefficient (Wildman–Crippen LogP) is 1.52. The molecular formula is C4H8BrO2. The maximum atomic E-state index is 10.2. The van der Waals surface area contributed by atoms with Gasteiger partial charge in [0.1, 0.15) is 5.52 Å². The van der Waals surface area contributed by atoms with E-state index in [1.54, 1.807) is 6.92 Å². The van der Waals surface area contributed by atoms with Gasteiger partial charge in [0, 0.05) is 0 Å². The van der Waals surface area contributed by atoms with Crippen molar-refractivity contribution in [1.29, 1.82) is 0 Å². The van der Waals surface area contributed by atoms with E-state index in [2.05, 4.69) is 20.7 Å². The van der Waals surface area contributed by atoms with Crippen LogP contribution in [0.5, 0.6) is 0 Å². The van der Waals surface area contributed by atoms with Gasteiger partial charge in [0.2, 0.25) is 0 Å². The normalized spacial score (nSPS) is 14.1. The SMILES string of the molecule is CCC([O])OCBr. The van der Waals surface area contributed by atoms with Gasteiger partial charge in [-0.2, -0.15) is 0 Å². The van der Waals surface area contributed by atoms with E-state index in [0.717, 1.165) is 0 Å². The van der Waals surface area contributed by atoms with Crippen LogP contribution in [0.1, 0.15) is 13.3 Å². The Balaban J connectivity index is 2.83. The zero-order chi connectivity index (χ0) is 5.70. The average molecular weight is 168 g/mol. The van der Waals surface area contributed by atoms with E-state index in [0.29, 0.717) is 11.9 Å². The minimum atomic E-state index is -0.848. The van der Waals surface area contributed by atoms with Crippen molar-refractivity contribution >= 4 is 15.9 Å². The highest BCUT2D eigenvalue weighted by Crippen LogP contribution is 1.94. The van der Waals surface area contributed by atoms with Crippen molar-refractivity contribution in [2.45, 2.75) is 19.6 Å². The molecule has 0 aliphatic heterocycles. The fourth-order valence-corrected chi connectivity index (χ4v) is 0.483. The summed E-state index contributed by atoms with van der Waals surface area (Å²) >= 11 is 2.97. The quantitative estimate of drug-likeness (QED) is 0.464. The smallest absolute Gasteiger partial charge is 0.192 e. The lowest BCUT2D eigenvalue weighted by atomic mass is 10.5. The molecule has 0 fully saturated rings. The summed E-state index contributed by atoms with van der Waals surface area (Å²) in [6.07, 6.45) is -0.314. The molecule has 1 radical (unpaired) electrons. The van der Waals surface area contributed by atoms with Gasteiger partial charge in [-0.05, 0) is 6.42 Å². The highest BCUT2D eigenvalue weighted by atomic mass is 79.9. The van der Waals surface area contributed by atoms with Crippen LogP contribution in [0, 0.1) is 0 Å². The Bertz CT molecular complexity index is 40.7. The largest absolute Gasteiger partial charge is 0.338 e. The number of hydrogen-bond donors (Lipinski definition) is 0. The van der Waals surface area contributed by atoms with Crippen LogP contribution in [0.2, 0.25) is 0 Å². The fourth-order valence-electron chi connectivity index (χ4n) is 0.188. The molecule has 0 spiro atoms. The summed E-state index contributed by atoms with van der Waals surface area (Å²) in [4.78, 5) is 0. The molecule has 0 aromatic heterocycles. The third-order valence-corrected chi connectivity index (χ3v) is 0.847. The Morgan fingerprint density at radius 3 is 2.57 bits per heavy atom. The van der Waals surface area contributed by atoms with Gasteiger partial charge in [0.15, 0.2) is 6.29 Å². The number of ether oxygens (including phenoxy) is 1. The molecule has 43 valence electrons. The zero-order valence-electron chi connectivity index (χ0n) is 4.19. The third-order valence-electron chi connectivity index (χ3n) is 0.582. The monoisotopic (exact) mass is 167 g/mol. The standard InChI is InChI=1S/C4H8BrO2/c1-2-4(6)7-3-5/h4H,2-3H2,1H3. The first kappa shape index (κ1) is 7.40. The number of hydrogen-bond acceptors (Lipinski definition) is 1. The van der Waals surface area contributed by atoms with E-state index < -0.39 is 6.29 Å². The van der Waals surface area contributed by atoms with Gasteiger partial charge in [0.25, 0.3) is 0 Å². The lowest BCUT2D eigenvalue weighted by Gasteiger charge is -2.00. The summed E-state index contributed by atoms with van der Waals surface area (Å²) in [6, 6.07) is 0. The Morgan fingerprint density at radius 1 is 1.86 bits per heavy atom. The van der Waals surface area contributed by atoms with Gasteiger partial charge in [-0.15, -0.1) is 0 Å². The maximum Gasteiger partial charge on any atom is 0.192 e. The lowest BCUT2D eigenvalue weighted by molar-refractivity contribution is -0.124. The Morgan fingerprint density at radius 2 is 2.43 bits per heavy atom. The number of halogens is 1. The van der Waals surface area contributed by atoms with Crippen LogP contribution in [0.4, 0.5) is 0 Å². The summed E-state index contributed by atoms with van der Waals surface area (Å²) in [7, 11) is 0. The maximum absolute atomic E-state index is 10.2. The topological polar surface area (TPSA) is 29.1 Å². The van der Waals surface area contributed by atoms with Crippen LogP contribution >= 0.6 is 15.9 Å². The van der Waals surface area contributed by atoms with Crippen molar-refractivity contribution in [2.75, 3.05) is 5.52 Å². The predicted molar refractivity (Wildman–Crippen MR) is 29.6 cm³/mol. The molecule has 0 saturated heterocycles. The second-order valence-corrected chi connectivity index (χ2v) is 1.57. The summed E-state index contributed by atoms with van der Waals surface area (Å²) in [5, 5.41) is 10.2. The van der Waals surface area contributed by atoms with Crippen molar-refractivity contribution < 1.29 is 9.84 Å². The molecule has 0 heterocycles. The molecule has 0 N–H and O–H groups in total. The lowest BCUT2D eigenvalue weighted by Crippen LogP contribution is -2.05. The van der Waals surface area contributed by atoms with Crippen molar-refractivity contribution in [3.05, 3.63) is 0 Å². The fraction of sp³-hybridized carbons (Fsp3) is 1.00. The highest BCUT2D eigenvalue weighted by Gasteiger charge is 1.97. The van der Waals surface area contributed by atoms with Gasteiger partial charge < -0.3 is 4.74 Å². The van der Waals surface area contributed by atoms with E-state index in [9.17, 15) is 5.11 Å². The minimum Gasteiger partial charge on any atom is -0.338 e. The molecule has 1 unspecified atom stereocenters. The molecule has 3 heteroatoms. The number of rotatable bonds is 3. The summed E-state index contributed by atoms with van der Waals surface area (Å²) in [5.74, 6) is 0. The van der Waals surface area contributed by atoms with E-state index in [-0.39, 0.29) is 0 Å². The van der Waals surface area contributed by atoms with E-state index >= 15 is 0 Å². The third kappa shape index (κ3) is 4.25. The van der Waals surface area contributed by atoms with Gasteiger partial charge in [0.05, 0.1) is 0 Å². The Kier molecular flexibility index (Phi) is 4.82. The van der Waals surface area contributed by atoms with Crippen molar-refractivity contribution in [3.8, 4) is 0 Å². The summed E-state index contributed by atoms with van der Waals surface area (Å²) in [6.45, 7) is 1.79. The van der Waals surface area contributed by atoms with Crippen molar-refractivity contribution in [3.63, 3.8) is 0 Å². The van der Waals surface area contributed by atoms with Gasteiger partial charge in [-0.1, -0.05) is 22.9 Å². The van der Waals surface area contributed by atoms with Gasteiger partial charge in [-0.25, -0.2) is 5.11 Å². The van der Waals surface area contributed by atoms with E-state index in [1.165, 1.54) is 0 Å². The van der Waals surface area contributed by atoms with Crippen LogP contribution in [0.25, 0.3) is 0 Å². The Labute approximate surface area is 51.6 Å². The van der Waals surface area contributed by atoms with Crippen LogP contribution in [-0.2, 0) is 9.84 Å². The molecule has 7 heavy (non-hydrogen) atoms. The molecule has 0 rings (SSSR count). The van der Waals surface area contributed by atoms with E-state index in [4.69, 9.17) is 0 Å². The van der Waals surface area contributed by atoms with Crippen LogP contribution in [0.15, 0.2) is 0 Å². The summed E-state index contributed by atoms with van der Waals surface area (Å²) < 4.78 is 4.55. The minimum absolute atomic E-state index is 0.342. The first-order valence-corrected chi connectivity index (χ1v) is 3.26. The van der Waals surface area contributed by atoms with Crippen LogP contribution in [0.3, 0.4) is 0 Å². The molecule has 0 aliphatic carbocycles. The first-order valence-electron chi connectivity index (χ1n) is 2.14. The molecule has 2 nitrogen and oxygen atoms in total. The molecule has 0 bridgehead atoms. The highest BCUT2D eigenvalue weighted by molar-refractivity contribution is 9.09. The summed E-state index contributed by atoms with van der Waals surface area (Å²) in [5.41, 5.74) is 0.342. The van der Waals surface area contributed by atoms with Crippen molar-refractivity contribution in [1.82, 2.24) is 0 Å². The Hall–Kier alpha value is 0.400. The average Bonchev–Trinajstić information content (AvgIpc) is 1.68. The molecule has 0 saturated carbocycles. The molecule has 0 amide bonds. The second-order valence-electron chi connectivity index (χ2n) is 1.11. The molecule has 0 aromatic carbocycles. The molecular weight excluding hydrogens is 160 g/mol. The number of alkyl halides is 1. The molecule has 1 atom stereocenters. The zero-order valence-corrected chi connectivity index (χ0v) is 5.77.